The van der Waals surface area contributed by atoms with E-state index in [0.717, 1.165) is 27.6 Å². The van der Waals surface area contributed by atoms with Crippen LogP contribution in [0.25, 0.3) is 10.4 Å². The van der Waals surface area contributed by atoms with Crippen molar-refractivity contribution in [3.05, 3.63) is 76.1 Å². The Bertz CT molecular complexity index is 1750. The third-order valence-corrected chi connectivity index (χ3v) is 9.21. The zero-order valence-corrected chi connectivity index (χ0v) is 25.2. The fourth-order valence-electron chi connectivity index (χ4n) is 4.24. The zero-order valence-electron chi connectivity index (χ0n) is 22.5. The van der Waals surface area contributed by atoms with Gasteiger partial charge >= 0.3 is 36.1 Å². The molecular weight excluding hydrogens is 675 g/mol. The van der Waals surface area contributed by atoms with E-state index in [4.69, 9.17) is 24.1 Å². The van der Waals surface area contributed by atoms with E-state index in [0.29, 0.717) is 0 Å². The van der Waals surface area contributed by atoms with Gasteiger partial charge in [0.1, 0.15) is 37.6 Å². The Labute approximate surface area is 250 Å². The van der Waals surface area contributed by atoms with Crippen molar-refractivity contribution in [1.29, 1.82) is 0 Å². The smallest absolute Gasteiger partial charge is 0.388 e. The summed E-state index contributed by atoms with van der Waals surface area (Å²) in [6.45, 7) is -0.0270. The molecule has 26 heteroatoms. The molecule has 0 bridgehead atoms. The van der Waals surface area contributed by atoms with Crippen LogP contribution >= 0.6 is 24.8 Å². The van der Waals surface area contributed by atoms with E-state index in [-0.39, 0.29) is 5.56 Å². The van der Waals surface area contributed by atoms with Crippen LogP contribution in [0.4, 0.5) is 0 Å². The first-order valence-corrected chi connectivity index (χ1v) is 15.7. The summed E-state index contributed by atoms with van der Waals surface area (Å²) >= 11 is 0. The van der Waals surface area contributed by atoms with E-state index < -0.39 is 109 Å². The summed E-state index contributed by atoms with van der Waals surface area (Å²) in [5.41, 5.74) is 5.69. The molecule has 11 atom stereocenters. The molecule has 0 spiro atoms. The number of hydrogen-bond donors (Lipinski definition) is 5. The molecule has 23 nitrogen and oxygen atoms in total. The number of rotatable bonds is 13. The number of aromatic amines is 2. The van der Waals surface area contributed by atoms with E-state index in [1.54, 1.807) is 0 Å². The molecular formula is C19H23N7O16P3+3. The van der Waals surface area contributed by atoms with Crippen molar-refractivity contribution in [1.82, 2.24) is 19.1 Å². The van der Waals surface area contributed by atoms with Crippen LogP contribution in [0.15, 0.2) is 42.8 Å². The van der Waals surface area contributed by atoms with Gasteiger partial charge < -0.3 is 24.8 Å². The topological polar surface area (TPSA) is 326 Å². The van der Waals surface area contributed by atoms with E-state index in [1.807, 2.05) is 9.97 Å². The number of aliphatic hydroxyl groups excluding tert-OH is 3. The first-order chi connectivity index (χ1) is 21.3. The minimum Gasteiger partial charge on any atom is -0.388 e. The number of H-pyrrole nitrogens is 2. The zero-order chi connectivity index (χ0) is 33.0. The van der Waals surface area contributed by atoms with Crippen LogP contribution in [-0.4, -0.2) is 84.2 Å². The third kappa shape index (κ3) is 8.07. The number of nitrogens with zero attached hydrogens (tertiary/aromatic N) is 5. The maximum atomic E-state index is 12.2. The van der Waals surface area contributed by atoms with Crippen molar-refractivity contribution in [3.8, 4) is 0 Å². The van der Waals surface area contributed by atoms with Crippen LogP contribution in [0.3, 0.4) is 0 Å². The summed E-state index contributed by atoms with van der Waals surface area (Å²) < 4.78 is 67.4. The molecule has 2 aliphatic rings. The minimum absolute atomic E-state index is 0.101. The molecule has 3 unspecified atom stereocenters. The van der Waals surface area contributed by atoms with Gasteiger partial charge in [0.25, 0.3) is 11.1 Å². The lowest BCUT2D eigenvalue weighted by atomic mass is 10.1. The lowest BCUT2D eigenvalue weighted by Gasteiger charge is -2.17. The molecule has 0 amide bonds. The highest BCUT2D eigenvalue weighted by Crippen LogP contribution is 2.47. The standard InChI is InChI=1S/C19H21N7O16P3/c1-7-4-26(19(33)22-15(7)31)16-13(29)11(23-24-20)8(39-16)5-37-43(34)41-45(36)42-44(35)38-6-9-12(28)14(30)17(40-9)25-3-2-10(27)21-18(25)32/h2-4,8-9,11-14,16-17,28-30H,5-6H2,1H3/q+1/p+2/t8-,9+,11-,12+,13-,14+,16-,17+/m0/s1. The fourth-order valence-corrected chi connectivity index (χ4v) is 6.41. The average Bonchev–Trinajstić information content (AvgIpc) is 3.43. The maximum Gasteiger partial charge on any atom is 0.798 e. The van der Waals surface area contributed by atoms with Crippen molar-refractivity contribution < 1.29 is 56.2 Å². The first kappa shape index (κ1) is 34.5. The van der Waals surface area contributed by atoms with Gasteiger partial charge in [0.15, 0.2) is 21.1 Å². The van der Waals surface area contributed by atoms with Gasteiger partial charge in [-0.25, -0.2) is 9.59 Å². The maximum absolute atomic E-state index is 12.2. The van der Waals surface area contributed by atoms with Crippen LogP contribution < -0.4 is 22.5 Å². The van der Waals surface area contributed by atoms with E-state index >= 15 is 0 Å². The SMILES string of the molecule is Cc1cn([C@H]2O[C@@H](CO[P+](=O)O[P+](=O)O[P+](=O)OC[C@H]3O[C@@H](n4ccc(=O)[nH]c4=O)[C@H](O)[C@@H]3O)[C@H](N=[N+]=[N-])[C@@H]2O)c(=O)[nH]c1=O. The number of ether oxygens (including phenoxy) is 2. The second-order valence-electron chi connectivity index (χ2n) is 9.22. The molecule has 5 N–H and O–H groups in total. The minimum atomic E-state index is -3.41. The highest BCUT2D eigenvalue weighted by atomic mass is 31.2. The molecule has 0 aromatic carbocycles. The van der Waals surface area contributed by atoms with Crippen molar-refractivity contribution in [2.24, 2.45) is 5.11 Å². The van der Waals surface area contributed by atoms with Gasteiger partial charge in [-0.2, -0.15) is 0 Å². The molecule has 4 heterocycles. The summed E-state index contributed by atoms with van der Waals surface area (Å²) in [5.74, 6) is 0. The normalized spacial score (nSPS) is 28.8. The molecule has 2 fully saturated rings. The van der Waals surface area contributed by atoms with Gasteiger partial charge in [0, 0.05) is 42.6 Å². The summed E-state index contributed by atoms with van der Waals surface area (Å²) in [6.07, 6.45) is -8.38. The Kier molecular flexibility index (Phi) is 11.3. The Balaban J connectivity index is 1.26. The van der Waals surface area contributed by atoms with Crippen molar-refractivity contribution in [3.63, 3.8) is 0 Å². The number of aryl methyl sites for hydroxylation is 1. The Hall–Kier alpha value is -3.39. The van der Waals surface area contributed by atoms with Crippen LogP contribution in [0.1, 0.15) is 18.0 Å². The molecule has 2 aliphatic heterocycles. The molecule has 4 rings (SSSR count). The Morgan fingerprint density at radius 3 is 2.09 bits per heavy atom. The fraction of sp³-hybridized carbons (Fsp3) is 0.579. The van der Waals surface area contributed by atoms with E-state index in [1.165, 1.54) is 6.92 Å². The van der Waals surface area contributed by atoms with E-state index in [9.17, 15) is 48.2 Å². The van der Waals surface area contributed by atoms with Gasteiger partial charge in [-0.15, -0.1) is 9.05 Å². The van der Waals surface area contributed by atoms with Gasteiger partial charge in [-0.3, -0.25) is 28.7 Å². The molecule has 242 valence electrons. The molecule has 2 saturated heterocycles. The Morgan fingerprint density at radius 1 is 0.889 bits per heavy atom. The highest BCUT2D eigenvalue weighted by Gasteiger charge is 2.53. The molecule has 0 aliphatic carbocycles. The summed E-state index contributed by atoms with van der Waals surface area (Å²) in [7, 11) is -9.94. The molecule has 2 aromatic rings. The largest absolute Gasteiger partial charge is 0.798 e. The Morgan fingerprint density at radius 2 is 1.47 bits per heavy atom. The number of hydrogen-bond acceptors (Lipinski definition) is 17. The van der Waals surface area contributed by atoms with Crippen molar-refractivity contribution in [2.45, 2.75) is 55.9 Å². The number of aromatic nitrogens is 4. The first-order valence-electron chi connectivity index (χ1n) is 12.4. The van der Waals surface area contributed by atoms with Gasteiger partial charge in [0.05, 0.1) is 12.1 Å². The molecule has 0 radical (unpaired) electrons. The summed E-state index contributed by atoms with van der Waals surface area (Å²) in [4.78, 5) is 53.6. The molecule has 45 heavy (non-hydrogen) atoms. The quantitative estimate of drug-likeness (QED) is 0.0724. The van der Waals surface area contributed by atoms with Crippen LogP contribution in [0.5, 0.6) is 0 Å². The third-order valence-electron chi connectivity index (χ3n) is 6.36. The van der Waals surface area contributed by atoms with Gasteiger partial charge in [-0.1, -0.05) is 5.11 Å². The predicted molar refractivity (Wildman–Crippen MR) is 143 cm³/mol. The van der Waals surface area contributed by atoms with Crippen molar-refractivity contribution >= 4 is 24.8 Å². The summed E-state index contributed by atoms with van der Waals surface area (Å²) in [5, 5.41) is 34.4. The number of azide groups is 1. The molecule has 2 aromatic heterocycles. The number of nitrogens with one attached hydrogen (secondary N) is 2. The van der Waals surface area contributed by atoms with Crippen LogP contribution in [-0.2, 0) is 40.8 Å². The second-order valence-corrected chi connectivity index (χ2v) is 12.4. The van der Waals surface area contributed by atoms with Crippen molar-refractivity contribution in [2.75, 3.05) is 13.2 Å². The van der Waals surface area contributed by atoms with E-state index in [2.05, 4.69) is 18.6 Å². The van der Waals surface area contributed by atoms with Crippen LogP contribution in [0.2, 0.25) is 0 Å². The lowest BCUT2D eigenvalue weighted by Crippen LogP contribution is -2.38. The second kappa shape index (κ2) is 14.8. The highest BCUT2D eigenvalue weighted by molar-refractivity contribution is 7.53. The van der Waals surface area contributed by atoms with Crippen LogP contribution in [0, 0.1) is 6.92 Å². The monoisotopic (exact) mass is 698 g/mol. The number of aliphatic hydroxyl groups is 3. The van der Waals surface area contributed by atoms with Gasteiger partial charge in [0.2, 0.25) is 0 Å². The summed E-state index contributed by atoms with van der Waals surface area (Å²) in [6, 6.07) is -0.398. The van der Waals surface area contributed by atoms with Gasteiger partial charge in [-0.05, 0) is 12.5 Å². The lowest BCUT2D eigenvalue weighted by molar-refractivity contribution is -0.0516. The predicted octanol–water partition coefficient (Wildman–Crippen LogP) is -1.01. The molecule has 0 saturated carbocycles. The average molecular weight is 698 g/mol.